The maximum Gasteiger partial charge on any atom is 0.0153 e. The Balaban J connectivity index is 2.19. The lowest BCUT2D eigenvalue weighted by atomic mass is 10.2. The lowest BCUT2D eigenvalue weighted by Crippen LogP contribution is -2.22. The highest BCUT2D eigenvalue weighted by Crippen LogP contribution is 2.35. The molecule has 0 atom stereocenters. The molecule has 3 rings (SSSR count). The van der Waals surface area contributed by atoms with E-state index in [1.807, 2.05) is 0 Å². The molecule has 0 radical (unpaired) electrons. The Kier molecular flexibility index (Phi) is 5.15. The molecule has 110 valence electrons. The molecule has 0 amide bonds. The first kappa shape index (κ1) is 15.5. The summed E-state index contributed by atoms with van der Waals surface area (Å²) >= 11 is 4.87. The van der Waals surface area contributed by atoms with Gasteiger partial charge in [0.1, 0.15) is 0 Å². The zero-order valence-corrected chi connectivity index (χ0v) is 16.4. The van der Waals surface area contributed by atoms with Gasteiger partial charge in [0.25, 0.3) is 0 Å². The average molecular weight is 338 g/mol. The van der Waals surface area contributed by atoms with E-state index in [4.69, 9.17) is 12.6 Å². The second-order valence-electron chi connectivity index (χ2n) is 5.14. The first-order valence-electron chi connectivity index (χ1n) is 7.52. The van der Waals surface area contributed by atoms with Crippen LogP contribution in [0.3, 0.4) is 0 Å². The van der Waals surface area contributed by atoms with Crippen molar-refractivity contribution in [2.24, 2.45) is 0 Å². The van der Waals surface area contributed by atoms with Gasteiger partial charge >= 0.3 is 0 Å². The zero-order chi connectivity index (χ0) is 15.4. The van der Waals surface area contributed by atoms with Crippen LogP contribution in [0, 0.1) is 0 Å². The molecular weight excluding hydrogens is 319 g/mol. The molecule has 3 heteroatoms. The molecule has 0 heterocycles. The Morgan fingerprint density at radius 1 is 0.727 bits per heavy atom. The fourth-order valence-electron chi connectivity index (χ4n) is 2.62. The summed E-state index contributed by atoms with van der Waals surface area (Å²) in [5.74, 6) is 0. The van der Waals surface area contributed by atoms with Crippen molar-refractivity contribution in [2.75, 3.05) is 0 Å². The SMILES string of the molecule is [SiH3]Cc1cccc(P(c2ccccc2)c2ccccc2)c1S. The predicted molar refractivity (Wildman–Crippen MR) is 106 cm³/mol. The molecule has 0 nitrogen and oxygen atoms in total. The predicted octanol–water partition coefficient (Wildman–Crippen LogP) is 2.60. The van der Waals surface area contributed by atoms with E-state index in [1.165, 1.54) is 36.6 Å². The van der Waals surface area contributed by atoms with E-state index in [1.54, 1.807) is 0 Å². The first-order chi connectivity index (χ1) is 10.8. The molecule has 22 heavy (non-hydrogen) atoms. The summed E-state index contributed by atoms with van der Waals surface area (Å²) in [6.45, 7) is 0. The second-order valence-corrected chi connectivity index (χ2v) is 8.48. The molecule has 3 aromatic carbocycles. The van der Waals surface area contributed by atoms with Crippen molar-refractivity contribution < 1.29 is 0 Å². The Hall–Kier alpha value is -1.34. The molecule has 0 unspecified atom stereocenters. The van der Waals surface area contributed by atoms with E-state index in [0.29, 0.717) is 0 Å². The quantitative estimate of drug-likeness (QED) is 0.422. The van der Waals surface area contributed by atoms with E-state index in [0.717, 1.165) is 6.04 Å². The van der Waals surface area contributed by atoms with Crippen molar-refractivity contribution in [2.45, 2.75) is 10.9 Å². The molecule has 0 saturated carbocycles. The maximum absolute atomic E-state index is 4.87. The highest BCUT2D eigenvalue weighted by Gasteiger charge is 2.19. The second kappa shape index (κ2) is 7.28. The van der Waals surface area contributed by atoms with Crippen LogP contribution in [0.25, 0.3) is 0 Å². The van der Waals surface area contributed by atoms with E-state index in [2.05, 4.69) is 78.9 Å². The van der Waals surface area contributed by atoms with E-state index >= 15 is 0 Å². The fraction of sp³-hybridized carbons (Fsp3) is 0.0526. The molecule has 0 aromatic heterocycles. The van der Waals surface area contributed by atoms with Crippen molar-refractivity contribution in [3.8, 4) is 0 Å². The lowest BCUT2D eigenvalue weighted by Gasteiger charge is -2.22. The van der Waals surface area contributed by atoms with Crippen LogP contribution in [0.1, 0.15) is 5.56 Å². The topological polar surface area (TPSA) is 0 Å². The van der Waals surface area contributed by atoms with Gasteiger partial charge in [0.2, 0.25) is 0 Å². The summed E-state index contributed by atoms with van der Waals surface area (Å²) < 4.78 is 0. The molecule has 0 aliphatic carbocycles. The van der Waals surface area contributed by atoms with Crippen molar-refractivity contribution in [1.82, 2.24) is 0 Å². The smallest absolute Gasteiger partial charge is 0.0153 e. The fourth-order valence-corrected chi connectivity index (χ4v) is 6.50. The standard InChI is InChI=1S/C19H19PSSi/c21-19-15(14-22)8-7-13-18(19)20(16-9-3-1-4-10-16)17-11-5-2-6-12-17/h1-13,21H,14H2,22H3. The van der Waals surface area contributed by atoms with Crippen LogP contribution >= 0.6 is 20.6 Å². The normalized spacial score (nSPS) is 11.0. The van der Waals surface area contributed by atoms with Gasteiger partial charge in [0.05, 0.1) is 0 Å². The van der Waals surface area contributed by atoms with Crippen molar-refractivity contribution in [3.05, 3.63) is 84.4 Å². The molecule has 0 N–H and O–H groups in total. The largest absolute Gasteiger partial charge is 0.142 e. The number of thiol groups is 1. The summed E-state index contributed by atoms with van der Waals surface area (Å²) in [6, 6.07) is 29.4. The lowest BCUT2D eigenvalue weighted by molar-refractivity contribution is 1.29. The van der Waals surface area contributed by atoms with Gasteiger partial charge in [-0.05, 0) is 35.4 Å². The van der Waals surface area contributed by atoms with Crippen molar-refractivity contribution in [3.63, 3.8) is 0 Å². The van der Waals surface area contributed by atoms with Gasteiger partial charge < -0.3 is 0 Å². The molecular formula is C19H19PSSi. The molecule has 0 saturated heterocycles. The van der Waals surface area contributed by atoms with Gasteiger partial charge in [0.15, 0.2) is 0 Å². The third-order valence-corrected chi connectivity index (χ3v) is 7.70. The van der Waals surface area contributed by atoms with Gasteiger partial charge in [0, 0.05) is 15.1 Å². The minimum Gasteiger partial charge on any atom is -0.142 e. The highest BCUT2D eigenvalue weighted by molar-refractivity contribution is 7.84. The Bertz CT molecular complexity index is 704. The van der Waals surface area contributed by atoms with Gasteiger partial charge in [-0.2, -0.15) is 0 Å². The minimum atomic E-state index is -0.550. The highest BCUT2D eigenvalue weighted by atomic mass is 32.1. The summed E-state index contributed by atoms with van der Waals surface area (Å²) in [5, 5.41) is 4.12. The van der Waals surface area contributed by atoms with Crippen molar-refractivity contribution >= 4 is 46.7 Å². The Morgan fingerprint density at radius 3 is 1.77 bits per heavy atom. The summed E-state index contributed by atoms with van der Waals surface area (Å²) in [7, 11) is 0.618. The van der Waals surface area contributed by atoms with Crippen LogP contribution in [0.5, 0.6) is 0 Å². The summed E-state index contributed by atoms with van der Waals surface area (Å²) in [6.07, 6.45) is 0. The third kappa shape index (κ3) is 3.20. The maximum atomic E-state index is 4.87. The third-order valence-electron chi connectivity index (χ3n) is 3.75. The van der Waals surface area contributed by atoms with Crippen LogP contribution in [0.2, 0.25) is 0 Å². The van der Waals surface area contributed by atoms with E-state index < -0.39 is 7.92 Å². The Morgan fingerprint density at radius 2 is 1.27 bits per heavy atom. The van der Waals surface area contributed by atoms with E-state index in [9.17, 15) is 0 Å². The van der Waals surface area contributed by atoms with Crippen LogP contribution < -0.4 is 15.9 Å². The van der Waals surface area contributed by atoms with Gasteiger partial charge in [-0.25, -0.2) is 0 Å². The van der Waals surface area contributed by atoms with Crippen molar-refractivity contribution in [1.29, 1.82) is 0 Å². The Labute approximate surface area is 142 Å². The van der Waals surface area contributed by atoms with Crippen LogP contribution in [0.15, 0.2) is 83.8 Å². The van der Waals surface area contributed by atoms with E-state index in [-0.39, 0.29) is 0 Å². The van der Waals surface area contributed by atoms with Gasteiger partial charge in [-0.1, -0.05) is 78.9 Å². The number of benzene rings is 3. The summed E-state index contributed by atoms with van der Waals surface area (Å²) in [4.78, 5) is 1.18. The number of hydrogen-bond donors (Lipinski definition) is 1. The molecule has 0 aliphatic rings. The van der Waals surface area contributed by atoms with Crippen LogP contribution in [-0.4, -0.2) is 10.2 Å². The molecule has 0 aliphatic heterocycles. The molecule has 0 fully saturated rings. The monoisotopic (exact) mass is 338 g/mol. The minimum absolute atomic E-state index is 0.550. The summed E-state index contributed by atoms with van der Waals surface area (Å²) in [5.41, 5.74) is 1.38. The zero-order valence-electron chi connectivity index (χ0n) is 12.6. The van der Waals surface area contributed by atoms with Crippen LogP contribution in [0.4, 0.5) is 0 Å². The average Bonchev–Trinajstić information content (AvgIpc) is 2.59. The number of rotatable bonds is 4. The first-order valence-corrected chi connectivity index (χ1v) is 10.7. The van der Waals surface area contributed by atoms with Gasteiger partial charge in [-0.15, -0.1) is 12.6 Å². The molecule has 0 bridgehead atoms. The van der Waals surface area contributed by atoms with Crippen LogP contribution in [-0.2, 0) is 6.04 Å². The number of hydrogen-bond acceptors (Lipinski definition) is 1. The molecule has 3 aromatic rings. The molecule has 0 spiro atoms. The van der Waals surface area contributed by atoms with Gasteiger partial charge in [-0.3, -0.25) is 0 Å².